The molecule has 1 saturated heterocycles. The van der Waals surface area contributed by atoms with Crippen LogP contribution in [0.5, 0.6) is 5.75 Å². The number of benzene rings is 1. The summed E-state index contributed by atoms with van der Waals surface area (Å²) in [5.74, 6) is -0.0983. The summed E-state index contributed by atoms with van der Waals surface area (Å²) >= 11 is 0. The van der Waals surface area contributed by atoms with Crippen LogP contribution in [0.4, 0.5) is 0 Å². The minimum atomic E-state index is -0.661. The number of carbonyl (C=O) groups is 1. The number of hydrogen-bond acceptors (Lipinski definition) is 4. The van der Waals surface area contributed by atoms with Gasteiger partial charge in [-0.2, -0.15) is 5.26 Å². The van der Waals surface area contributed by atoms with Crippen molar-refractivity contribution in [1.82, 2.24) is 10.2 Å². The van der Waals surface area contributed by atoms with Crippen molar-refractivity contribution < 1.29 is 9.90 Å². The lowest BCUT2D eigenvalue weighted by Gasteiger charge is -2.29. The molecule has 23 heavy (non-hydrogen) atoms. The number of phenolic OH excluding ortho intramolecular Hbond substituents is 1. The molecule has 0 aliphatic carbocycles. The molecule has 0 saturated carbocycles. The minimum absolute atomic E-state index is 0.0761. The van der Waals surface area contributed by atoms with Gasteiger partial charge in [0.1, 0.15) is 5.75 Å². The Morgan fingerprint density at radius 3 is 2.52 bits per heavy atom. The fraction of sp³-hybridized carbons (Fsp3) is 0.556. The average Bonchev–Trinajstić information content (AvgIpc) is 2.90. The van der Waals surface area contributed by atoms with E-state index in [2.05, 4.69) is 11.4 Å². The number of aromatic hydroxyl groups is 1. The van der Waals surface area contributed by atoms with Crippen molar-refractivity contribution in [2.24, 2.45) is 5.92 Å². The van der Waals surface area contributed by atoms with E-state index >= 15 is 0 Å². The first-order valence-corrected chi connectivity index (χ1v) is 8.05. The molecular formula is C18H27N3O2. The van der Waals surface area contributed by atoms with Crippen molar-refractivity contribution in [2.45, 2.75) is 45.7 Å². The van der Waals surface area contributed by atoms with Crippen LogP contribution >= 0.6 is 0 Å². The molecule has 1 aromatic carbocycles. The van der Waals surface area contributed by atoms with Crippen LogP contribution in [0.2, 0.25) is 0 Å². The second-order valence-corrected chi connectivity index (χ2v) is 6.15. The lowest BCUT2D eigenvalue weighted by atomic mass is 9.92. The second-order valence-electron chi connectivity index (χ2n) is 6.15. The number of hydrogen-bond donors (Lipinski definition) is 2. The molecule has 5 nitrogen and oxygen atoms in total. The number of nitriles is 1. The summed E-state index contributed by atoms with van der Waals surface area (Å²) in [4.78, 5) is 14.3. The van der Waals surface area contributed by atoms with Gasteiger partial charge >= 0.3 is 0 Å². The number of rotatable bonds is 3. The molecule has 5 heteroatoms. The first-order chi connectivity index (χ1) is 10.8. The molecule has 0 radical (unpaired) electrons. The van der Waals surface area contributed by atoms with E-state index in [0.717, 1.165) is 0 Å². The Balaban J connectivity index is 0.00000127. The first-order valence-electron chi connectivity index (χ1n) is 8.05. The quantitative estimate of drug-likeness (QED) is 0.898. The van der Waals surface area contributed by atoms with E-state index < -0.39 is 5.54 Å². The van der Waals surface area contributed by atoms with Crippen LogP contribution in [0.25, 0.3) is 0 Å². The molecule has 1 heterocycles. The molecule has 0 bridgehead atoms. The normalized spacial score (nSPS) is 21.0. The molecule has 0 aromatic heterocycles. The topological polar surface area (TPSA) is 76.4 Å². The van der Waals surface area contributed by atoms with Gasteiger partial charge in [-0.3, -0.25) is 9.69 Å². The summed E-state index contributed by atoms with van der Waals surface area (Å²) in [6.45, 7) is 8.31. The number of nitrogens with one attached hydrogen (secondary N) is 1. The van der Waals surface area contributed by atoms with Crippen molar-refractivity contribution in [1.29, 1.82) is 5.26 Å². The van der Waals surface area contributed by atoms with Crippen molar-refractivity contribution >= 4 is 5.91 Å². The third kappa shape index (κ3) is 4.46. The van der Waals surface area contributed by atoms with Crippen molar-refractivity contribution in [2.75, 3.05) is 13.6 Å². The van der Waals surface area contributed by atoms with Crippen LogP contribution in [-0.2, 0) is 10.3 Å². The maximum atomic E-state index is 12.4. The largest absolute Gasteiger partial charge is 0.508 e. The highest BCUT2D eigenvalue weighted by molar-refractivity contribution is 5.80. The standard InChI is InChI=1S/C16H21N3O2.C2H6/c1-16(2,13-6-4-5-7-14(13)20)18-15(21)11-8-12(9-17)19(3)10-11;1-2/h4-7,11-12,20H,8,10H2,1-3H3,(H,18,21);1-2H3. The number of para-hydroxylation sites is 1. The molecular weight excluding hydrogens is 290 g/mol. The van der Waals surface area contributed by atoms with Gasteiger partial charge in [0.2, 0.25) is 5.91 Å². The Kier molecular flexibility index (Phi) is 6.59. The Hall–Kier alpha value is -2.06. The van der Waals surface area contributed by atoms with E-state index in [4.69, 9.17) is 5.26 Å². The van der Waals surface area contributed by atoms with Crippen LogP contribution < -0.4 is 5.32 Å². The molecule has 2 unspecified atom stereocenters. The number of likely N-dealkylation sites (tertiary alicyclic amines) is 1. The van der Waals surface area contributed by atoms with E-state index in [1.807, 2.05) is 45.7 Å². The van der Waals surface area contributed by atoms with Gasteiger partial charge in [0.15, 0.2) is 0 Å². The average molecular weight is 317 g/mol. The third-order valence-electron chi connectivity index (χ3n) is 4.08. The molecule has 1 amide bonds. The number of nitrogens with zero attached hydrogens (tertiary/aromatic N) is 2. The van der Waals surface area contributed by atoms with Crippen LogP contribution in [-0.4, -0.2) is 35.5 Å². The molecule has 126 valence electrons. The van der Waals surface area contributed by atoms with Gasteiger partial charge < -0.3 is 10.4 Å². The van der Waals surface area contributed by atoms with E-state index in [-0.39, 0.29) is 23.6 Å². The summed E-state index contributed by atoms with van der Waals surface area (Å²) < 4.78 is 0. The van der Waals surface area contributed by atoms with Gasteiger partial charge in [-0.15, -0.1) is 0 Å². The lowest BCUT2D eigenvalue weighted by molar-refractivity contribution is -0.126. The smallest absolute Gasteiger partial charge is 0.225 e. The second kappa shape index (κ2) is 7.98. The van der Waals surface area contributed by atoms with Crippen LogP contribution in [0, 0.1) is 17.2 Å². The molecule has 1 aliphatic heterocycles. The zero-order chi connectivity index (χ0) is 17.6. The Morgan fingerprint density at radius 2 is 2.00 bits per heavy atom. The Bertz CT molecular complexity index is 578. The number of phenols is 1. The molecule has 0 spiro atoms. The maximum Gasteiger partial charge on any atom is 0.225 e. The highest BCUT2D eigenvalue weighted by Crippen LogP contribution is 2.30. The summed E-state index contributed by atoms with van der Waals surface area (Å²) in [6, 6.07) is 9.00. The van der Waals surface area contributed by atoms with Gasteiger partial charge in [0.25, 0.3) is 0 Å². The molecule has 2 N–H and O–H groups in total. The van der Waals surface area contributed by atoms with Gasteiger partial charge in [0, 0.05) is 12.1 Å². The van der Waals surface area contributed by atoms with E-state index in [0.29, 0.717) is 18.5 Å². The summed E-state index contributed by atoms with van der Waals surface area (Å²) in [5, 5.41) is 22.0. The van der Waals surface area contributed by atoms with Gasteiger partial charge in [-0.25, -0.2) is 0 Å². The number of carbonyl (C=O) groups excluding carboxylic acids is 1. The molecule has 1 aromatic rings. The predicted octanol–water partition coefficient (Wildman–Crippen LogP) is 2.61. The van der Waals surface area contributed by atoms with E-state index in [1.54, 1.807) is 18.2 Å². The van der Waals surface area contributed by atoms with Gasteiger partial charge in [-0.05, 0) is 33.4 Å². The van der Waals surface area contributed by atoms with E-state index in [9.17, 15) is 9.90 Å². The summed E-state index contributed by atoms with van der Waals surface area (Å²) in [6.07, 6.45) is 0.551. The third-order valence-corrected chi connectivity index (χ3v) is 4.08. The highest BCUT2D eigenvalue weighted by Gasteiger charge is 2.36. The fourth-order valence-electron chi connectivity index (χ4n) is 2.82. The van der Waals surface area contributed by atoms with Crippen molar-refractivity contribution in [3.05, 3.63) is 29.8 Å². The zero-order valence-corrected chi connectivity index (χ0v) is 14.6. The Morgan fingerprint density at radius 1 is 1.39 bits per heavy atom. The van der Waals surface area contributed by atoms with Crippen LogP contribution in [0.1, 0.15) is 39.7 Å². The SMILES string of the molecule is CC.CN1CC(C(=O)NC(C)(C)c2ccccc2O)CC1C#N. The summed E-state index contributed by atoms with van der Waals surface area (Å²) in [5.41, 5.74) is 0.0210. The van der Waals surface area contributed by atoms with Gasteiger partial charge in [0.05, 0.1) is 23.6 Å². The maximum absolute atomic E-state index is 12.4. The van der Waals surface area contributed by atoms with Crippen LogP contribution in [0.15, 0.2) is 24.3 Å². The van der Waals surface area contributed by atoms with Crippen molar-refractivity contribution in [3.63, 3.8) is 0 Å². The van der Waals surface area contributed by atoms with E-state index in [1.165, 1.54) is 0 Å². The first kappa shape index (κ1) is 19.0. The summed E-state index contributed by atoms with van der Waals surface area (Å²) in [7, 11) is 1.86. The number of amides is 1. The fourth-order valence-corrected chi connectivity index (χ4v) is 2.82. The monoisotopic (exact) mass is 317 g/mol. The molecule has 2 rings (SSSR count). The van der Waals surface area contributed by atoms with Crippen LogP contribution in [0.3, 0.4) is 0 Å². The molecule has 1 aliphatic rings. The highest BCUT2D eigenvalue weighted by atomic mass is 16.3. The zero-order valence-electron chi connectivity index (χ0n) is 14.6. The minimum Gasteiger partial charge on any atom is -0.508 e. The lowest BCUT2D eigenvalue weighted by Crippen LogP contribution is -2.44. The molecule has 1 fully saturated rings. The van der Waals surface area contributed by atoms with Crippen molar-refractivity contribution in [3.8, 4) is 11.8 Å². The molecule has 2 atom stereocenters. The predicted molar refractivity (Wildman–Crippen MR) is 90.8 cm³/mol. The van der Waals surface area contributed by atoms with Gasteiger partial charge in [-0.1, -0.05) is 32.0 Å². The Labute approximate surface area is 138 Å².